The molecule has 0 saturated heterocycles. The third-order valence-corrected chi connectivity index (χ3v) is 2.67. The van der Waals surface area contributed by atoms with E-state index >= 15 is 0 Å². The Kier molecular flexibility index (Phi) is 3.78. The van der Waals surface area contributed by atoms with Gasteiger partial charge in [0.15, 0.2) is 0 Å². The molecule has 0 bridgehead atoms. The minimum absolute atomic E-state index is 0.275. The second-order valence-corrected chi connectivity index (χ2v) is 4.70. The summed E-state index contributed by atoms with van der Waals surface area (Å²) in [7, 11) is -5.03. The van der Waals surface area contributed by atoms with E-state index in [9.17, 15) is 27.3 Å². The predicted molar refractivity (Wildman–Crippen MR) is 54.4 cm³/mol. The third-order valence-electron chi connectivity index (χ3n) is 1.51. The van der Waals surface area contributed by atoms with E-state index in [0.29, 0.717) is 0 Å². The van der Waals surface area contributed by atoms with E-state index in [4.69, 9.17) is 11.6 Å². The van der Waals surface area contributed by atoms with Crippen LogP contribution in [0.15, 0.2) is 12.1 Å². The highest BCUT2D eigenvalue weighted by atomic mass is 35.5. The lowest BCUT2D eigenvalue weighted by Crippen LogP contribution is -2.21. The average molecular weight is 288 g/mol. The molecular formula is C6H4ClF2N3O4S. The Morgan fingerprint density at radius 1 is 1.47 bits per heavy atom. The highest BCUT2D eigenvalue weighted by Gasteiger charge is 2.28. The SMILES string of the molecule is O=[N+]([O-])c1ccc(Cl)nc1NS(=O)(=O)C(F)F. The second-order valence-electron chi connectivity index (χ2n) is 2.67. The van der Waals surface area contributed by atoms with E-state index in [1.54, 1.807) is 0 Å². The quantitative estimate of drug-likeness (QED) is 0.515. The maximum atomic E-state index is 12.1. The number of nitro groups is 1. The number of anilines is 1. The molecule has 0 unspecified atom stereocenters. The van der Waals surface area contributed by atoms with Crippen molar-refractivity contribution in [3.8, 4) is 0 Å². The molecule has 0 aromatic carbocycles. The van der Waals surface area contributed by atoms with E-state index in [1.807, 2.05) is 0 Å². The van der Waals surface area contributed by atoms with Crippen LogP contribution in [0, 0.1) is 10.1 Å². The van der Waals surface area contributed by atoms with Crippen LogP contribution in [-0.4, -0.2) is 24.1 Å². The fraction of sp³-hybridized carbons (Fsp3) is 0.167. The molecular weight excluding hydrogens is 284 g/mol. The molecule has 1 N–H and O–H groups in total. The van der Waals surface area contributed by atoms with Crippen LogP contribution in [0.5, 0.6) is 0 Å². The number of hydrogen-bond donors (Lipinski definition) is 1. The van der Waals surface area contributed by atoms with E-state index in [2.05, 4.69) is 4.98 Å². The fourth-order valence-corrected chi connectivity index (χ4v) is 1.49. The molecule has 0 aliphatic rings. The molecule has 0 radical (unpaired) electrons. The highest BCUT2D eigenvalue weighted by Crippen LogP contribution is 2.25. The number of alkyl halides is 2. The molecule has 0 atom stereocenters. The molecule has 17 heavy (non-hydrogen) atoms. The number of nitrogens with zero attached hydrogens (tertiary/aromatic N) is 2. The molecule has 7 nitrogen and oxygen atoms in total. The topological polar surface area (TPSA) is 102 Å². The monoisotopic (exact) mass is 287 g/mol. The Morgan fingerprint density at radius 3 is 2.53 bits per heavy atom. The van der Waals surface area contributed by atoms with Crippen LogP contribution in [0.25, 0.3) is 0 Å². The van der Waals surface area contributed by atoms with Gasteiger partial charge in [-0.05, 0) is 6.07 Å². The van der Waals surface area contributed by atoms with Crippen LogP contribution < -0.4 is 4.72 Å². The van der Waals surface area contributed by atoms with Gasteiger partial charge in [-0.2, -0.15) is 8.78 Å². The molecule has 1 aromatic heterocycles. The summed E-state index contributed by atoms with van der Waals surface area (Å²) < 4.78 is 47.0. The van der Waals surface area contributed by atoms with Crippen molar-refractivity contribution >= 4 is 33.1 Å². The number of nitrogens with one attached hydrogen (secondary N) is 1. The van der Waals surface area contributed by atoms with Gasteiger partial charge in [-0.25, -0.2) is 13.4 Å². The second kappa shape index (κ2) is 4.75. The van der Waals surface area contributed by atoms with Crippen LogP contribution in [0.1, 0.15) is 0 Å². The van der Waals surface area contributed by atoms with Gasteiger partial charge in [-0.15, -0.1) is 0 Å². The number of rotatable bonds is 4. The van der Waals surface area contributed by atoms with Crippen molar-refractivity contribution in [2.24, 2.45) is 0 Å². The van der Waals surface area contributed by atoms with Gasteiger partial charge in [-0.3, -0.25) is 14.8 Å². The highest BCUT2D eigenvalue weighted by molar-refractivity contribution is 7.93. The normalized spacial score (nSPS) is 11.5. The van der Waals surface area contributed by atoms with Crippen molar-refractivity contribution in [2.45, 2.75) is 5.76 Å². The molecule has 0 spiro atoms. The molecule has 0 aliphatic heterocycles. The van der Waals surface area contributed by atoms with Crippen molar-refractivity contribution in [3.05, 3.63) is 27.4 Å². The van der Waals surface area contributed by atoms with Crippen LogP contribution in [-0.2, 0) is 10.0 Å². The Morgan fingerprint density at radius 2 is 2.06 bits per heavy atom. The molecule has 94 valence electrons. The summed E-state index contributed by atoms with van der Waals surface area (Å²) in [5.41, 5.74) is -0.779. The van der Waals surface area contributed by atoms with Crippen molar-refractivity contribution in [1.82, 2.24) is 4.98 Å². The minimum atomic E-state index is -5.03. The first-order valence-corrected chi connectivity index (χ1v) is 5.77. The molecule has 1 heterocycles. The first-order chi connectivity index (χ1) is 7.74. The van der Waals surface area contributed by atoms with Crippen molar-refractivity contribution in [3.63, 3.8) is 0 Å². The lowest BCUT2D eigenvalue weighted by atomic mass is 10.4. The third kappa shape index (κ3) is 3.20. The average Bonchev–Trinajstić information content (AvgIpc) is 2.15. The number of sulfonamides is 1. The first-order valence-electron chi connectivity index (χ1n) is 3.85. The molecule has 11 heteroatoms. The van der Waals surface area contributed by atoms with Gasteiger partial charge < -0.3 is 0 Å². The molecule has 0 fully saturated rings. The summed E-state index contributed by atoms with van der Waals surface area (Å²) >= 11 is 5.37. The Hall–Kier alpha value is -1.55. The van der Waals surface area contributed by atoms with Gasteiger partial charge >= 0.3 is 11.4 Å². The summed E-state index contributed by atoms with van der Waals surface area (Å²) in [5.74, 6) is -4.59. The summed E-state index contributed by atoms with van der Waals surface area (Å²) in [4.78, 5) is 12.8. The standard InChI is InChI=1S/C6H4ClF2N3O4S/c7-4-2-1-3(12(13)14)5(10-4)11-17(15,16)6(8)9/h1-2,6H,(H,10,11). The summed E-state index contributed by atoms with van der Waals surface area (Å²) in [5, 5.41) is 10.2. The maximum Gasteiger partial charge on any atom is 0.355 e. The minimum Gasteiger partial charge on any atom is -0.258 e. The maximum absolute atomic E-state index is 12.1. The number of halogens is 3. The van der Waals surface area contributed by atoms with Crippen LogP contribution in [0.2, 0.25) is 5.15 Å². The van der Waals surface area contributed by atoms with E-state index in [0.717, 1.165) is 12.1 Å². The van der Waals surface area contributed by atoms with Crippen LogP contribution >= 0.6 is 11.6 Å². The van der Waals surface area contributed by atoms with Gasteiger partial charge in [-0.1, -0.05) is 11.6 Å². The van der Waals surface area contributed by atoms with Gasteiger partial charge in [0.2, 0.25) is 5.82 Å². The Balaban J connectivity index is 3.22. The van der Waals surface area contributed by atoms with E-state index in [-0.39, 0.29) is 5.15 Å². The van der Waals surface area contributed by atoms with Gasteiger partial charge in [0, 0.05) is 6.07 Å². The zero-order valence-corrected chi connectivity index (χ0v) is 9.37. The van der Waals surface area contributed by atoms with Gasteiger partial charge in [0.05, 0.1) is 4.92 Å². The zero-order chi connectivity index (χ0) is 13.2. The summed E-state index contributed by atoms with van der Waals surface area (Å²) in [6.45, 7) is 0. The Labute approximate surface area is 98.6 Å². The fourth-order valence-electron chi connectivity index (χ4n) is 0.830. The summed E-state index contributed by atoms with van der Waals surface area (Å²) in [6, 6.07) is 1.87. The molecule has 0 aliphatic carbocycles. The smallest absolute Gasteiger partial charge is 0.258 e. The van der Waals surface area contributed by atoms with Gasteiger partial charge in [0.25, 0.3) is 10.0 Å². The number of hydrogen-bond acceptors (Lipinski definition) is 5. The van der Waals surface area contributed by atoms with Gasteiger partial charge in [0.1, 0.15) is 5.15 Å². The Bertz CT molecular complexity index is 550. The number of pyridine rings is 1. The van der Waals surface area contributed by atoms with E-state index < -0.39 is 32.2 Å². The summed E-state index contributed by atoms with van der Waals surface area (Å²) in [6.07, 6.45) is 0. The van der Waals surface area contributed by atoms with Crippen LogP contribution in [0.3, 0.4) is 0 Å². The lowest BCUT2D eigenvalue weighted by molar-refractivity contribution is -0.384. The van der Waals surface area contributed by atoms with Crippen LogP contribution in [0.4, 0.5) is 20.3 Å². The first kappa shape index (κ1) is 13.5. The molecule has 1 rings (SSSR count). The molecule has 0 saturated carbocycles. The number of aromatic nitrogens is 1. The van der Waals surface area contributed by atoms with Crippen molar-refractivity contribution in [2.75, 3.05) is 4.72 Å². The molecule has 0 amide bonds. The lowest BCUT2D eigenvalue weighted by Gasteiger charge is -2.06. The van der Waals surface area contributed by atoms with E-state index in [1.165, 1.54) is 4.72 Å². The zero-order valence-electron chi connectivity index (χ0n) is 7.80. The van der Waals surface area contributed by atoms with Crippen molar-refractivity contribution in [1.29, 1.82) is 0 Å². The largest absolute Gasteiger partial charge is 0.355 e. The predicted octanol–water partition coefficient (Wildman–Crippen LogP) is 1.61. The van der Waals surface area contributed by atoms with Crippen molar-refractivity contribution < 1.29 is 22.1 Å². The molecule has 1 aromatic rings.